The second-order valence-corrected chi connectivity index (χ2v) is 7.91. The summed E-state index contributed by atoms with van der Waals surface area (Å²) >= 11 is 0. The summed E-state index contributed by atoms with van der Waals surface area (Å²) in [6, 6.07) is 8.77. The Morgan fingerprint density at radius 2 is 2.08 bits per heavy atom. The van der Waals surface area contributed by atoms with E-state index in [0.717, 1.165) is 32.4 Å². The van der Waals surface area contributed by atoms with Crippen LogP contribution in [-0.4, -0.2) is 43.1 Å². The number of amides is 2. The highest BCUT2D eigenvalue weighted by Crippen LogP contribution is 2.60. The number of nitrogens with zero attached hydrogens (tertiary/aromatic N) is 1. The van der Waals surface area contributed by atoms with Crippen LogP contribution in [0.3, 0.4) is 0 Å². The summed E-state index contributed by atoms with van der Waals surface area (Å²) < 4.78 is 4.61. The van der Waals surface area contributed by atoms with Crippen LogP contribution in [0.2, 0.25) is 0 Å². The minimum absolute atomic E-state index is 0. The van der Waals surface area contributed by atoms with Gasteiger partial charge in [0, 0.05) is 31.9 Å². The lowest BCUT2D eigenvalue weighted by Crippen LogP contribution is -2.52. The van der Waals surface area contributed by atoms with Gasteiger partial charge in [-0.15, -0.1) is 0 Å². The Bertz CT molecular complexity index is 704. The monoisotopic (exact) mass is 344 g/mol. The average Bonchev–Trinajstić information content (AvgIpc) is 3.31. The molecule has 0 aromatic heterocycles. The van der Waals surface area contributed by atoms with Crippen molar-refractivity contribution in [3.8, 4) is 0 Å². The van der Waals surface area contributed by atoms with Gasteiger partial charge in [0.15, 0.2) is 0 Å². The molecule has 5 heteroatoms. The predicted octanol–water partition coefficient (Wildman–Crippen LogP) is 2.87. The van der Waals surface area contributed by atoms with Gasteiger partial charge in [0.2, 0.25) is 5.91 Å². The van der Waals surface area contributed by atoms with E-state index in [2.05, 4.69) is 46.1 Å². The second-order valence-electron chi connectivity index (χ2n) is 7.91. The van der Waals surface area contributed by atoms with Crippen LogP contribution < -0.4 is 5.32 Å². The van der Waals surface area contributed by atoms with Crippen molar-refractivity contribution in [1.82, 2.24) is 10.2 Å². The number of ether oxygens (including phenoxy) is 1. The van der Waals surface area contributed by atoms with E-state index in [0.29, 0.717) is 11.3 Å². The lowest BCUT2D eigenvalue weighted by Gasteiger charge is -2.40. The highest BCUT2D eigenvalue weighted by atomic mass is 16.5. The number of carbonyl (C=O) groups is 2. The van der Waals surface area contributed by atoms with Crippen LogP contribution in [0.25, 0.3) is 0 Å². The van der Waals surface area contributed by atoms with E-state index in [4.69, 9.17) is 0 Å². The summed E-state index contributed by atoms with van der Waals surface area (Å²) in [4.78, 5) is 26.0. The molecule has 136 valence electrons. The SMILES string of the molecule is COC(=O)NC1CC(C(=O)N2CCC3(c4ccccc4C)CC3C2)C1.[HH]. The highest BCUT2D eigenvalue weighted by Gasteiger charge is 2.58. The normalized spacial score (nSPS) is 33.0. The van der Waals surface area contributed by atoms with E-state index in [-0.39, 0.29) is 19.3 Å². The van der Waals surface area contributed by atoms with Crippen LogP contribution in [0.5, 0.6) is 0 Å². The third kappa shape index (κ3) is 2.79. The lowest BCUT2D eigenvalue weighted by molar-refractivity contribution is -0.140. The number of nitrogens with one attached hydrogen (secondary N) is 1. The van der Waals surface area contributed by atoms with E-state index in [9.17, 15) is 9.59 Å². The van der Waals surface area contributed by atoms with Gasteiger partial charge in [-0.1, -0.05) is 24.3 Å². The van der Waals surface area contributed by atoms with E-state index >= 15 is 0 Å². The van der Waals surface area contributed by atoms with Crippen LogP contribution in [0, 0.1) is 18.8 Å². The number of piperidine rings is 1. The molecule has 5 nitrogen and oxygen atoms in total. The number of rotatable bonds is 3. The topological polar surface area (TPSA) is 58.6 Å². The summed E-state index contributed by atoms with van der Waals surface area (Å²) in [6.45, 7) is 3.94. The lowest BCUT2D eigenvalue weighted by atomic mass is 9.78. The number of hydrogen-bond donors (Lipinski definition) is 1. The Morgan fingerprint density at radius 1 is 1.32 bits per heavy atom. The van der Waals surface area contributed by atoms with Crippen molar-refractivity contribution in [1.29, 1.82) is 0 Å². The number of likely N-dealkylation sites (tertiary alicyclic amines) is 1. The Balaban J connectivity index is 0.00000196. The summed E-state index contributed by atoms with van der Waals surface area (Å²) in [5.41, 5.74) is 3.18. The number of alkyl carbamates (subject to hydrolysis) is 1. The van der Waals surface area contributed by atoms with E-state index < -0.39 is 6.09 Å². The van der Waals surface area contributed by atoms with Crippen molar-refractivity contribution < 1.29 is 15.8 Å². The van der Waals surface area contributed by atoms with Crippen molar-refractivity contribution in [2.45, 2.75) is 44.1 Å². The average molecular weight is 344 g/mol. The zero-order valence-electron chi connectivity index (χ0n) is 15.0. The van der Waals surface area contributed by atoms with Crippen molar-refractivity contribution in [2.75, 3.05) is 20.2 Å². The summed E-state index contributed by atoms with van der Waals surface area (Å²) in [5.74, 6) is 0.940. The number of hydrogen-bond acceptors (Lipinski definition) is 3. The van der Waals surface area contributed by atoms with Crippen LogP contribution >= 0.6 is 0 Å². The van der Waals surface area contributed by atoms with Crippen LogP contribution in [-0.2, 0) is 14.9 Å². The summed E-state index contributed by atoms with van der Waals surface area (Å²) in [6.07, 6.45) is 3.34. The van der Waals surface area contributed by atoms with Crippen LogP contribution in [0.1, 0.15) is 38.2 Å². The third-order valence-corrected chi connectivity index (χ3v) is 6.49. The number of fused-ring (bicyclic) bond motifs is 1. The van der Waals surface area contributed by atoms with E-state index in [1.54, 1.807) is 0 Å². The molecule has 0 spiro atoms. The van der Waals surface area contributed by atoms with Gasteiger partial charge < -0.3 is 15.0 Å². The first-order valence-electron chi connectivity index (χ1n) is 9.23. The number of benzene rings is 1. The molecule has 2 amide bonds. The van der Waals surface area contributed by atoms with Gasteiger partial charge in [-0.3, -0.25) is 4.79 Å². The molecule has 3 aliphatic rings. The molecule has 2 unspecified atom stereocenters. The molecule has 1 aliphatic heterocycles. The smallest absolute Gasteiger partial charge is 0.407 e. The Kier molecular flexibility index (Phi) is 3.97. The predicted molar refractivity (Wildman–Crippen MR) is 96.3 cm³/mol. The molecule has 2 atom stereocenters. The molecule has 0 bridgehead atoms. The summed E-state index contributed by atoms with van der Waals surface area (Å²) in [5, 5.41) is 2.77. The zero-order chi connectivity index (χ0) is 17.6. The minimum Gasteiger partial charge on any atom is -0.453 e. The molecule has 1 aromatic carbocycles. The van der Waals surface area contributed by atoms with Crippen molar-refractivity contribution in [3.63, 3.8) is 0 Å². The zero-order valence-corrected chi connectivity index (χ0v) is 15.0. The third-order valence-electron chi connectivity index (χ3n) is 6.49. The second kappa shape index (κ2) is 6.04. The molecule has 25 heavy (non-hydrogen) atoms. The maximum atomic E-state index is 12.7. The number of carbonyl (C=O) groups excluding carboxylic acids is 2. The van der Waals surface area contributed by atoms with Gasteiger partial charge in [-0.25, -0.2) is 4.79 Å². The van der Waals surface area contributed by atoms with Gasteiger partial charge >= 0.3 is 6.09 Å². The first-order valence-corrected chi connectivity index (χ1v) is 9.23. The standard InChI is InChI=1S/C20H26N2O3.H2/c1-13-5-3-4-6-17(13)20-7-8-22(12-15(20)11-20)18(23)14-9-16(10-14)21-19(24)25-2;/h3-6,14-16H,7-12H2,1-2H3,(H,21,24);1H. The quantitative estimate of drug-likeness (QED) is 0.917. The fraction of sp³-hybridized carbons (Fsp3) is 0.600. The van der Waals surface area contributed by atoms with Gasteiger partial charge in [-0.2, -0.15) is 0 Å². The fourth-order valence-electron chi connectivity index (χ4n) is 4.84. The fourth-order valence-corrected chi connectivity index (χ4v) is 4.84. The molecule has 1 heterocycles. The van der Waals surface area contributed by atoms with Crippen LogP contribution in [0.4, 0.5) is 4.79 Å². The molecule has 4 rings (SSSR count). The van der Waals surface area contributed by atoms with Crippen molar-refractivity contribution >= 4 is 12.0 Å². The first-order chi connectivity index (χ1) is 12.0. The molecule has 0 radical (unpaired) electrons. The molecule has 2 aliphatic carbocycles. The van der Waals surface area contributed by atoms with Crippen molar-refractivity contribution in [2.24, 2.45) is 11.8 Å². The van der Waals surface area contributed by atoms with Gasteiger partial charge in [0.05, 0.1) is 7.11 Å². The molecule has 3 fully saturated rings. The van der Waals surface area contributed by atoms with Crippen molar-refractivity contribution in [3.05, 3.63) is 35.4 Å². The Hall–Kier alpha value is -2.04. The van der Waals surface area contributed by atoms with Crippen LogP contribution in [0.15, 0.2) is 24.3 Å². The van der Waals surface area contributed by atoms with E-state index in [1.165, 1.54) is 24.7 Å². The largest absolute Gasteiger partial charge is 0.453 e. The van der Waals surface area contributed by atoms with Gasteiger partial charge in [0.25, 0.3) is 0 Å². The first kappa shape index (κ1) is 16.4. The molecular weight excluding hydrogens is 316 g/mol. The Labute approximate surface area is 150 Å². The minimum atomic E-state index is -0.408. The molecule has 1 N–H and O–H groups in total. The molecule has 1 aromatic rings. The van der Waals surface area contributed by atoms with Gasteiger partial charge in [0.1, 0.15) is 0 Å². The van der Waals surface area contributed by atoms with Gasteiger partial charge in [-0.05, 0) is 49.7 Å². The molecule has 1 saturated heterocycles. The molecular formula is C20H28N2O3. The molecule has 2 saturated carbocycles. The van der Waals surface area contributed by atoms with E-state index in [1.807, 2.05) is 0 Å². The number of methoxy groups -OCH3 is 1. The maximum absolute atomic E-state index is 12.7. The Morgan fingerprint density at radius 3 is 2.76 bits per heavy atom. The highest BCUT2D eigenvalue weighted by molar-refractivity contribution is 5.80. The maximum Gasteiger partial charge on any atom is 0.407 e. The number of aryl methyl sites for hydroxylation is 1. The summed E-state index contributed by atoms with van der Waals surface area (Å²) in [7, 11) is 1.36.